The lowest BCUT2D eigenvalue weighted by Gasteiger charge is -2.22. The third-order valence-electron chi connectivity index (χ3n) is 4.01. The molecule has 0 saturated carbocycles. The highest BCUT2D eigenvalue weighted by molar-refractivity contribution is 5.92. The predicted octanol–water partition coefficient (Wildman–Crippen LogP) is 3.61. The van der Waals surface area contributed by atoms with E-state index in [1.54, 1.807) is 7.11 Å². The molecule has 4 nitrogen and oxygen atoms in total. The third-order valence-corrected chi connectivity index (χ3v) is 4.01. The molecule has 1 fully saturated rings. The van der Waals surface area contributed by atoms with Crippen molar-refractivity contribution >= 4 is 16.6 Å². The van der Waals surface area contributed by atoms with E-state index in [0.29, 0.717) is 6.10 Å². The van der Waals surface area contributed by atoms with Crippen LogP contribution in [0.1, 0.15) is 25.7 Å². The number of methoxy groups -OCH3 is 1. The lowest BCUT2D eigenvalue weighted by molar-refractivity contribution is 0.0134. The number of nitrogens with zero attached hydrogens (tertiary/aromatic N) is 1. The number of nitrogens with one attached hydrogen (secondary N) is 1. The lowest BCUT2D eigenvalue weighted by atomic mass is 10.1. The van der Waals surface area contributed by atoms with E-state index in [-0.39, 0.29) is 0 Å². The van der Waals surface area contributed by atoms with Crippen molar-refractivity contribution in [2.24, 2.45) is 0 Å². The van der Waals surface area contributed by atoms with E-state index >= 15 is 0 Å². The summed E-state index contributed by atoms with van der Waals surface area (Å²) in [5, 5.41) is 5.71. The fourth-order valence-electron chi connectivity index (χ4n) is 2.80. The molecule has 1 unspecified atom stereocenters. The molecule has 1 saturated heterocycles. The zero-order valence-electron chi connectivity index (χ0n) is 12.5. The van der Waals surface area contributed by atoms with E-state index in [0.717, 1.165) is 36.5 Å². The molecule has 21 heavy (non-hydrogen) atoms. The second kappa shape index (κ2) is 6.76. The predicted molar refractivity (Wildman–Crippen MR) is 85.0 cm³/mol. The SMILES string of the molecule is COc1ccc2ccnc(NCCC3CCCCO3)c2c1. The Labute approximate surface area is 125 Å². The van der Waals surface area contributed by atoms with Crippen LogP contribution >= 0.6 is 0 Å². The average molecular weight is 286 g/mol. The van der Waals surface area contributed by atoms with Gasteiger partial charge in [-0.2, -0.15) is 0 Å². The number of ether oxygens (including phenoxy) is 2. The zero-order valence-corrected chi connectivity index (χ0v) is 12.5. The maximum atomic E-state index is 5.76. The van der Waals surface area contributed by atoms with E-state index in [1.807, 2.05) is 24.4 Å². The monoisotopic (exact) mass is 286 g/mol. The molecule has 0 bridgehead atoms. The molecule has 1 aromatic carbocycles. The first-order valence-corrected chi connectivity index (χ1v) is 7.65. The molecule has 0 radical (unpaired) electrons. The Hall–Kier alpha value is -1.81. The lowest BCUT2D eigenvalue weighted by Crippen LogP contribution is -2.22. The zero-order chi connectivity index (χ0) is 14.5. The van der Waals surface area contributed by atoms with Crippen LogP contribution in [-0.4, -0.2) is 31.3 Å². The highest BCUT2D eigenvalue weighted by Gasteiger charge is 2.13. The molecule has 112 valence electrons. The normalized spacial score (nSPS) is 18.6. The van der Waals surface area contributed by atoms with Crippen molar-refractivity contribution in [3.8, 4) is 5.75 Å². The smallest absolute Gasteiger partial charge is 0.133 e. The quantitative estimate of drug-likeness (QED) is 0.911. The topological polar surface area (TPSA) is 43.4 Å². The fraction of sp³-hybridized carbons (Fsp3) is 0.471. The minimum absolute atomic E-state index is 0.399. The van der Waals surface area contributed by atoms with Crippen molar-refractivity contribution in [3.05, 3.63) is 30.5 Å². The van der Waals surface area contributed by atoms with Gasteiger partial charge in [0, 0.05) is 24.7 Å². The number of anilines is 1. The highest BCUT2D eigenvalue weighted by atomic mass is 16.5. The molecule has 3 rings (SSSR count). The van der Waals surface area contributed by atoms with Crippen LogP contribution in [0.15, 0.2) is 30.5 Å². The summed E-state index contributed by atoms with van der Waals surface area (Å²) < 4.78 is 11.1. The first-order valence-electron chi connectivity index (χ1n) is 7.65. The van der Waals surface area contributed by atoms with E-state index in [4.69, 9.17) is 9.47 Å². The number of fused-ring (bicyclic) bond motifs is 1. The van der Waals surface area contributed by atoms with Gasteiger partial charge < -0.3 is 14.8 Å². The molecule has 1 aliphatic heterocycles. The van der Waals surface area contributed by atoms with Crippen molar-refractivity contribution in [3.63, 3.8) is 0 Å². The molecule has 4 heteroatoms. The summed E-state index contributed by atoms with van der Waals surface area (Å²) in [6.45, 7) is 1.79. The van der Waals surface area contributed by atoms with Crippen LogP contribution in [-0.2, 0) is 4.74 Å². The molecular formula is C17H22N2O2. The van der Waals surface area contributed by atoms with Crippen molar-refractivity contribution in [1.29, 1.82) is 0 Å². The van der Waals surface area contributed by atoms with Gasteiger partial charge in [-0.05, 0) is 49.3 Å². The minimum atomic E-state index is 0.399. The first kappa shape index (κ1) is 14.1. The van der Waals surface area contributed by atoms with Crippen LogP contribution in [0, 0.1) is 0 Å². The first-order chi connectivity index (χ1) is 10.4. The Morgan fingerprint density at radius 1 is 1.33 bits per heavy atom. The van der Waals surface area contributed by atoms with Gasteiger partial charge >= 0.3 is 0 Å². The highest BCUT2D eigenvalue weighted by Crippen LogP contribution is 2.26. The van der Waals surface area contributed by atoms with E-state index in [9.17, 15) is 0 Å². The van der Waals surface area contributed by atoms with Crippen LogP contribution in [0.3, 0.4) is 0 Å². The standard InChI is InChI=1S/C17H22N2O2/c1-20-15-6-5-13-7-9-18-17(16(13)12-15)19-10-8-14-4-2-3-11-21-14/h5-7,9,12,14H,2-4,8,10-11H2,1H3,(H,18,19). The van der Waals surface area contributed by atoms with Gasteiger partial charge in [0.25, 0.3) is 0 Å². The van der Waals surface area contributed by atoms with Gasteiger partial charge in [0.05, 0.1) is 13.2 Å². The van der Waals surface area contributed by atoms with Crippen LogP contribution in [0.2, 0.25) is 0 Å². The van der Waals surface area contributed by atoms with Crippen molar-refractivity contribution < 1.29 is 9.47 Å². The minimum Gasteiger partial charge on any atom is -0.497 e. The van der Waals surface area contributed by atoms with Gasteiger partial charge in [0.2, 0.25) is 0 Å². The maximum Gasteiger partial charge on any atom is 0.133 e. The molecule has 1 atom stereocenters. The summed E-state index contributed by atoms with van der Waals surface area (Å²) >= 11 is 0. The molecule has 2 aromatic rings. The second-order valence-corrected chi connectivity index (χ2v) is 5.45. The van der Waals surface area contributed by atoms with Gasteiger partial charge in [-0.25, -0.2) is 4.98 Å². The van der Waals surface area contributed by atoms with E-state index < -0.39 is 0 Å². The largest absolute Gasteiger partial charge is 0.497 e. The molecule has 1 aliphatic rings. The molecule has 1 aromatic heterocycles. The van der Waals surface area contributed by atoms with Gasteiger partial charge in [0.15, 0.2) is 0 Å². The number of hydrogen-bond donors (Lipinski definition) is 1. The molecule has 0 spiro atoms. The molecule has 0 aliphatic carbocycles. The Morgan fingerprint density at radius 2 is 2.29 bits per heavy atom. The van der Waals surface area contributed by atoms with Crippen molar-refractivity contribution in [1.82, 2.24) is 4.98 Å². The third kappa shape index (κ3) is 3.45. The van der Waals surface area contributed by atoms with Crippen molar-refractivity contribution in [2.75, 3.05) is 25.6 Å². The van der Waals surface area contributed by atoms with Crippen molar-refractivity contribution in [2.45, 2.75) is 31.8 Å². The Balaban J connectivity index is 1.68. The molecular weight excluding hydrogens is 264 g/mol. The molecule has 1 N–H and O–H groups in total. The summed E-state index contributed by atoms with van der Waals surface area (Å²) in [4.78, 5) is 4.46. The van der Waals surface area contributed by atoms with Gasteiger partial charge in [-0.1, -0.05) is 6.07 Å². The summed E-state index contributed by atoms with van der Waals surface area (Å²) in [6, 6.07) is 8.08. The maximum absolute atomic E-state index is 5.76. The fourth-order valence-corrected chi connectivity index (χ4v) is 2.80. The molecule has 0 amide bonds. The summed E-state index contributed by atoms with van der Waals surface area (Å²) in [5.41, 5.74) is 0. The van der Waals surface area contributed by atoms with Crippen LogP contribution in [0.5, 0.6) is 5.75 Å². The summed E-state index contributed by atoms with van der Waals surface area (Å²) in [6.07, 6.45) is 6.94. The van der Waals surface area contributed by atoms with E-state index in [2.05, 4.69) is 16.4 Å². The number of benzene rings is 1. The Morgan fingerprint density at radius 3 is 3.10 bits per heavy atom. The Bertz CT molecular complexity index is 594. The van der Waals surface area contributed by atoms with Gasteiger partial charge in [0.1, 0.15) is 11.6 Å². The van der Waals surface area contributed by atoms with Crippen LogP contribution in [0.25, 0.3) is 10.8 Å². The molecule has 2 heterocycles. The average Bonchev–Trinajstić information content (AvgIpc) is 2.55. The van der Waals surface area contributed by atoms with E-state index in [1.165, 1.54) is 24.6 Å². The number of pyridine rings is 1. The summed E-state index contributed by atoms with van der Waals surface area (Å²) in [5.74, 6) is 1.77. The summed E-state index contributed by atoms with van der Waals surface area (Å²) in [7, 11) is 1.69. The number of aromatic nitrogens is 1. The second-order valence-electron chi connectivity index (χ2n) is 5.45. The Kier molecular flexibility index (Phi) is 4.55. The van der Waals surface area contributed by atoms with Crippen LogP contribution < -0.4 is 10.1 Å². The number of rotatable bonds is 5. The van der Waals surface area contributed by atoms with Gasteiger partial charge in [-0.15, -0.1) is 0 Å². The van der Waals surface area contributed by atoms with Gasteiger partial charge in [-0.3, -0.25) is 0 Å². The number of hydrogen-bond acceptors (Lipinski definition) is 4. The van der Waals surface area contributed by atoms with Crippen LogP contribution in [0.4, 0.5) is 5.82 Å².